The first-order chi connectivity index (χ1) is 9.21. The normalized spacial score (nSPS) is 17.6. The molecular weight excluding hydrogens is 262 g/mol. The molecule has 2 aromatic rings. The first-order valence-electron chi connectivity index (χ1n) is 6.37. The summed E-state index contributed by atoms with van der Waals surface area (Å²) >= 11 is 1.86. The van der Waals surface area contributed by atoms with Crippen LogP contribution in [-0.4, -0.2) is 5.75 Å². The van der Waals surface area contributed by atoms with Crippen molar-refractivity contribution < 1.29 is 8.78 Å². The van der Waals surface area contributed by atoms with Crippen LogP contribution in [0.1, 0.15) is 24.0 Å². The summed E-state index contributed by atoms with van der Waals surface area (Å²) in [4.78, 5) is 0. The Morgan fingerprint density at radius 1 is 0.789 bits per heavy atom. The molecule has 0 bridgehead atoms. The molecule has 3 heteroatoms. The minimum Gasteiger partial charge on any atom is -0.207 e. The van der Waals surface area contributed by atoms with E-state index < -0.39 is 0 Å². The molecule has 0 radical (unpaired) electrons. The van der Waals surface area contributed by atoms with Gasteiger partial charge in [0.2, 0.25) is 0 Å². The maximum atomic E-state index is 13.1. The van der Waals surface area contributed by atoms with Gasteiger partial charge in [0.15, 0.2) is 0 Å². The monoisotopic (exact) mass is 276 g/mol. The molecule has 0 unspecified atom stereocenters. The topological polar surface area (TPSA) is 0 Å². The first kappa shape index (κ1) is 12.7. The molecule has 0 aromatic heterocycles. The van der Waals surface area contributed by atoms with Gasteiger partial charge in [-0.1, -0.05) is 24.3 Å². The van der Waals surface area contributed by atoms with Gasteiger partial charge in [-0.05, 0) is 54.0 Å². The van der Waals surface area contributed by atoms with E-state index in [0.29, 0.717) is 0 Å². The third-order valence-corrected chi connectivity index (χ3v) is 5.30. The van der Waals surface area contributed by atoms with Gasteiger partial charge in [-0.2, -0.15) is 0 Å². The van der Waals surface area contributed by atoms with Crippen molar-refractivity contribution >= 4 is 11.8 Å². The van der Waals surface area contributed by atoms with Crippen molar-refractivity contribution in [2.45, 2.75) is 17.6 Å². The van der Waals surface area contributed by atoms with E-state index in [1.807, 2.05) is 36.0 Å². The quantitative estimate of drug-likeness (QED) is 0.763. The molecular formula is C16H14F2S. The average molecular weight is 276 g/mol. The largest absolute Gasteiger partial charge is 0.207 e. The predicted octanol–water partition coefficient (Wildman–Crippen LogP) is 4.74. The van der Waals surface area contributed by atoms with E-state index in [9.17, 15) is 8.78 Å². The molecule has 1 aliphatic heterocycles. The molecule has 0 saturated carbocycles. The van der Waals surface area contributed by atoms with Crippen LogP contribution in [0.15, 0.2) is 48.5 Å². The molecule has 0 atom stereocenters. The molecule has 1 aliphatic rings. The van der Waals surface area contributed by atoms with E-state index in [4.69, 9.17) is 0 Å². The summed E-state index contributed by atoms with van der Waals surface area (Å²) in [6, 6.07) is 13.4. The highest BCUT2D eigenvalue weighted by Crippen LogP contribution is 2.51. The lowest BCUT2D eigenvalue weighted by Crippen LogP contribution is -2.20. The minimum absolute atomic E-state index is 0.151. The second-order valence-corrected chi connectivity index (χ2v) is 6.19. The number of rotatable bonds is 2. The van der Waals surface area contributed by atoms with Gasteiger partial charge < -0.3 is 0 Å². The summed E-state index contributed by atoms with van der Waals surface area (Å²) in [6.07, 6.45) is 2.13. The van der Waals surface area contributed by atoms with Crippen molar-refractivity contribution in [2.75, 3.05) is 5.75 Å². The Morgan fingerprint density at radius 3 is 1.63 bits per heavy atom. The van der Waals surface area contributed by atoms with Crippen LogP contribution in [0.4, 0.5) is 8.78 Å². The van der Waals surface area contributed by atoms with Crippen molar-refractivity contribution in [3.63, 3.8) is 0 Å². The summed E-state index contributed by atoms with van der Waals surface area (Å²) in [6.45, 7) is 0. The fraction of sp³-hybridized carbons (Fsp3) is 0.250. The third kappa shape index (κ3) is 2.27. The maximum Gasteiger partial charge on any atom is 0.123 e. The number of hydrogen-bond donors (Lipinski definition) is 0. The van der Waals surface area contributed by atoms with Crippen LogP contribution in [-0.2, 0) is 4.75 Å². The number of halogens is 2. The van der Waals surface area contributed by atoms with Crippen molar-refractivity contribution in [2.24, 2.45) is 0 Å². The minimum atomic E-state index is -0.221. The Hall–Kier alpha value is -1.35. The highest BCUT2D eigenvalue weighted by atomic mass is 32.2. The van der Waals surface area contributed by atoms with Crippen molar-refractivity contribution in [1.82, 2.24) is 0 Å². The van der Waals surface area contributed by atoms with Gasteiger partial charge in [0.1, 0.15) is 11.6 Å². The van der Waals surface area contributed by atoms with Crippen LogP contribution < -0.4 is 0 Å². The number of hydrogen-bond acceptors (Lipinski definition) is 1. The van der Waals surface area contributed by atoms with E-state index >= 15 is 0 Å². The van der Waals surface area contributed by atoms with E-state index in [2.05, 4.69) is 0 Å². The van der Waals surface area contributed by atoms with E-state index in [-0.39, 0.29) is 16.4 Å². The third-order valence-electron chi connectivity index (χ3n) is 3.64. The Balaban J connectivity index is 2.08. The molecule has 1 fully saturated rings. The van der Waals surface area contributed by atoms with Gasteiger partial charge in [0, 0.05) is 0 Å². The Morgan fingerprint density at radius 2 is 1.26 bits per heavy atom. The standard InChI is InChI=1S/C16H14F2S/c17-14-6-2-12(3-7-14)16(10-1-11-19-16)13-4-8-15(18)9-5-13/h2-9H,1,10-11H2. The molecule has 0 amide bonds. The highest BCUT2D eigenvalue weighted by Gasteiger charge is 2.38. The second-order valence-electron chi connectivity index (χ2n) is 4.79. The zero-order valence-electron chi connectivity index (χ0n) is 10.4. The highest BCUT2D eigenvalue weighted by molar-refractivity contribution is 8.00. The lowest BCUT2D eigenvalue weighted by Gasteiger charge is -2.29. The van der Waals surface area contributed by atoms with Crippen LogP contribution in [0, 0.1) is 11.6 Å². The van der Waals surface area contributed by atoms with Crippen LogP contribution in [0.5, 0.6) is 0 Å². The number of thioether (sulfide) groups is 1. The summed E-state index contributed by atoms with van der Waals surface area (Å²) in [5.74, 6) is 0.636. The van der Waals surface area contributed by atoms with Gasteiger partial charge >= 0.3 is 0 Å². The molecule has 0 nitrogen and oxygen atoms in total. The molecule has 0 aliphatic carbocycles. The predicted molar refractivity (Wildman–Crippen MR) is 75.3 cm³/mol. The molecule has 98 valence electrons. The van der Waals surface area contributed by atoms with E-state index in [1.54, 1.807) is 0 Å². The molecule has 1 saturated heterocycles. The average Bonchev–Trinajstić information content (AvgIpc) is 2.91. The van der Waals surface area contributed by atoms with Crippen molar-refractivity contribution in [3.05, 3.63) is 71.3 Å². The zero-order chi connectivity index (χ0) is 13.3. The molecule has 0 spiro atoms. The summed E-state index contributed by atoms with van der Waals surface area (Å²) in [7, 11) is 0. The molecule has 2 aromatic carbocycles. The molecule has 1 heterocycles. The molecule has 3 rings (SSSR count). The van der Waals surface area contributed by atoms with Crippen molar-refractivity contribution in [3.8, 4) is 0 Å². The molecule has 0 N–H and O–H groups in total. The van der Waals surface area contributed by atoms with E-state index in [1.165, 1.54) is 24.3 Å². The van der Waals surface area contributed by atoms with Gasteiger partial charge in [-0.3, -0.25) is 0 Å². The van der Waals surface area contributed by atoms with Crippen molar-refractivity contribution in [1.29, 1.82) is 0 Å². The Bertz CT molecular complexity index is 507. The fourth-order valence-electron chi connectivity index (χ4n) is 2.70. The summed E-state index contributed by atoms with van der Waals surface area (Å²) in [5.41, 5.74) is 2.20. The van der Waals surface area contributed by atoms with Crippen LogP contribution in [0.2, 0.25) is 0 Å². The maximum absolute atomic E-state index is 13.1. The smallest absolute Gasteiger partial charge is 0.123 e. The molecule has 19 heavy (non-hydrogen) atoms. The second kappa shape index (κ2) is 4.97. The van der Waals surface area contributed by atoms with Gasteiger partial charge in [-0.15, -0.1) is 11.8 Å². The first-order valence-corrected chi connectivity index (χ1v) is 7.35. The zero-order valence-corrected chi connectivity index (χ0v) is 11.2. The van der Waals surface area contributed by atoms with E-state index in [0.717, 1.165) is 29.7 Å². The lowest BCUT2D eigenvalue weighted by molar-refractivity contribution is 0.619. The SMILES string of the molecule is Fc1ccc(C2(c3ccc(F)cc3)CCCS2)cc1. The fourth-order valence-corrected chi connectivity index (χ4v) is 4.23. The Labute approximate surface area is 115 Å². The number of benzene rings is 2. The Kier molecular flexibility index (Phi) is 3.31. The lowest BCUT2D eigenvalue weighted by atomic mass is 9.87. The van der Waals surface area contributed by atoms with Crippen LogP contribution in [0.25, 0.3) is 0 Å². The van der Waals surface area contributed by atoms with Gasteiger partial charge in [-0.25, -0.2) is 8.78 Å². The van der Waals surface area contributed by atoms with Gasteiger partial charge in [0.25, 0.3) is 0 Å². The summed E-state index contributed by atoms with van der Waals surface area (Å²) in [5, 5.41) is 0. The van der Waals surface area contributed by atoms with Gasteiger partial charge in [0.05, 0.1) is 4.75 Å². The van der Waals surface area contributed by atoms with Crippen LogP contribution in [0.3, 0.4) is 0 Å². The van der Waals surface area contributed by atoms with Crippen LogP contribution >= 0.6 is 11.8 Å². The summed E-state index contributed by atoms with van der Waals surface area (Å²) < 4.78 is 26.0.